The van der Waals surface area contributed by atoms with Gasteiger partial charge in [0.15, 0.2) is 5.03 Å². The zero-order valence-corrected chi connectivity index (χ0v) is 14.2. The van der Waals surface area contributed by atoms with Crippen LogP contribution in [0.2, 0.25) is 0 Å². The molecule has 2 heterocycles. The fraction of sp³-hybridized carbons (Fsp3) is 0.214. The summed E-state index contributed by atoms with van der Waals surface area (Å²) in [6, 6.07) is 7.11. The fourth-order valence-corrected chi connectivity index (χ4v) is 3.41. The Bertz CT molecular complexity index is 884. The molecule has 0 saturated heterocycles. The lowest BCUT2D eigenvalue weighted by Crippen LogP contribution is -2.13. The minimum atomic E-state index is -3.70. The predicted molar refractivity (Wildman–Crippen MR) is 88.8 cm³/mol. The lowest BCUT2D eigenvalue weighted by atomic mass is 10.2. The number of aromatic nitrogens is 4. The molecule has 0 spiro atoms. The van der Waals surface area contributed by atoms with Gasteiger partial charge in [-0.1, -0.05) is 16.6 Å². The number of anilines is 1. The van der Waals surface area contributed by atoms with Crippen molar-refractivity contribution < 1.29 is 8.42 Å². The van der Waals surface area contributed by atoms with Gasteiger partial charge >= 0.3 is 0 Å². The molecule has 0 unspecified atom stereocenters. The van der Waals surface area contributed by atoms with E-state index >= 15 is 0 Å². The first-order valence-electron chi connectivity index (χ1n) is 6.89. The second-order valence-electron chi connectivity index (χ2n) is 5.23. The summed E-state index contributed by atoms with van der Waals surface area (Å²) in [6.07, 6.45) is 3.03. The Morgan fingerprint density at radius 3 is 2.52 bits per heavy atom. The number of rotatable bonds is 5. The Morgan fingerprint density at radius 1 is 1.22 bits per heavy atom. The van der Waals surface area contributed by atoms with Gasteiger partial charge in [0.25, 0.3) is 10.0 Å². The summed E-state index contributed by atoms with van der Waals surface area (Å²) in [6.45, 7) is 3.91. The highest BCUT2D eigenvalue weighted by Crippen LogP contribution is 2.22. The molecule has 2 aromatic heterocycles. The molecule has 3 aromatic rings. The van der Waals surface area contributed by atoms with E-state index in [0.717, 1.165) is 11.3 Å². The minimum absolute atomic E-state index is 0.000947. The number of benzene rings is 1. The molecule has 1 aromatic carbocycles. The quantitative estimate of drug-likeness (QED) is 0.765. The van der Waals surface area contributed by atoms with Crippen molar-refractivity contribution in [1.82, 2.24) is 19.1 Å². The highest BCUT2D eigenvalue weighted by atomic mass is 32.2. The van der Waals surface area contributed by atoms with Crippen LogP contribution in [-0.4, -0.2) is 27.6 Å². The van der Waals surface area contributed by atoms with Crippen molar-refractivity contribution in [2.24, 2.45) is 0 Å². The molecule has 0 amide bonds. The summed E-state index contributed by atoms with van der Waals surface area (Å²) in [5, 5.41) is 5.80. The topological polar surface area (TPSA) is 89.8 Å². The van der Waals surface area contributed by atoms with E-state index in [1.807, 2.05) is 19.2 Å². The molecule has 0 aliphatic rings. The summed E-state index contributed by atoms with van der Waals surface area (Å²) in [5.74, 6) is 0. The standard InChI is InChI=1S/C14H15N5O2S2/c1-10(2)19-7-14(15-9-19)23(20,21)17-12-5-3-11(4-6-12)13-8-22-18-16-13/h3-10,17H,1-2H3. The summed E-state index contributed by atoms with van der Waals surface area (Å²) in [7, 11) is -3.70. The van der Waals surface area contributed by atoms with Crippen molar-refractivity contribution >= 4 is 27.2 Å². The molecule has 0 saturated carbocycles. The monoisotopic (exact) mass is 349 g/mol. The zero-order valence-electron chi connectivity index (χ0n) is 12.5. The van der Waals surface area contributed by atoms with E-state index in [9.17, 15) is 8.42 Å². The van der Waals surface area contributed by atoms with Crippen LogP contribution in [0.1, 0.15) is 19.9 Å². The fourth-order valence-electron chi connectivity index (χ4n) is 1.95. The average Bonchev–Trinajstić information content (AvgIpc) is 3.20. The van der Waals surface area contributed by atoms with Crippen molar-refractivity contribution in [3.05, 3.63) is 42.2 Å². The molecule has 0 aliphatic carbocycles. The van der Waals surface area contributed by atoms with Crippen molar-refractivity contribution in [2.75, 3.05) is 4.72 Å². The van der Waals surface area contributed by atoms with Crippen LogP contribution in [0.5, 0.6) is 0 Å². The van der Waals surface area contributed by atoms with E-state index in [4.69, 9.17) is 0 Å². The molecule has 7 nitrogen and oxygen atoms in total. The van der Waals surface area contributed by atoms with Gasteiger partial charge in [-0.2, -0.15) is 8.42 Å². The number of nitrogens with one attached hydrogen (secondary N) is 1. The summed E-state index contributed by atoms with van der Waals surface area (Å²) in [5.41, 5.74) is 2.11. The van der Waals surface area contributed by atoms with Crippen LogP contribution in [0.25, 0.3) is 11.3 Å². The molecule has 9 heteroatoms. The molecule has 3 rings (SSSR count). The van der Waals surface area contributed by atoms with Crippen LogP contribution < -0.4 is 4.72 Å². The molecular weight excluding hydrogens is 334 g/mol. The first-order valence-corrected chi connectivity index (χ1v) is 9.21. The molecule has 1 N–H and O–H groups in total. The van der Waals surface area contributed by atoms with Gasteiger partial charge in [-0.15, -0.1) is 5.10 Å². The van der Waals surface area contributed by atoms with Crippen molar-refractivity contribution in [2.45, 2.75) is 24.9 Å². The van der Waals surface area contributed by atoms with Gasteiger partial charge in [0, 0.05) is 28.9 Å². The smallest absolute Gasteiger partial charge is 0.280 e. The Balaban J connectivity index is 1.80. The van der Waals surface area contributed by atoms with E-state index in [1.54, 1.807) is 28.8 Å². The van der Waals surface area contributed by atoms with Crippen LogP contribution in [0, 0.1) is 0 Å². The second kappa shape index (κ2) is 6.09. The molecule has 0 bridgehead atoms. The van der Waals surface area contributed by atoms with E-state index in [-0.39, 0.29) is 11.1 Å². The van der Waals surface area contributed by atoms with Gasteiger partial charge in [-0.3, -0.25) is 4.72 Å². The van der Waals surface area contributed by atoms with Crippen molar-refractivity contribution in [3.8, 4) is 11.3 Å². The Hall–Kier alpha value is -2.26. The highest BCUT2D eigenvalue weighted by molar-refractivity contribution is 7.92. The highest BCUT2D eigenvalue weighted by Gasteiger charge is 2.18. The third-order valence-corrected chi connectivity index (χ3v) is 5.01. The maximum Gasteiger partial charge on any atom is 0.280 e. The first-order chi connectivity index (χ1) is 11.0. The Morgan fingerprint density at radius 2 is 1.96 bits per heavy atom. The van der Waals surface area contributed by atoms with Gasteiger partial charge in [-0.05, 0) is 37.5 Å². The van der Waals surface area contributed by atoms with E-state index < -0.39 is 10.0 Å². The molecule has 23 heavy (non-hydrogen) atoms. The van der Waals surface area contributed by atoms with Gasteiger partial charge < -0.3 is 4.57 Å². The number of sulfonamides is 1. The number of hydrogen-bond acceptors (Lipinski definition) is 6. The number of imidazole rings is 1. The van der Waals surface area contributed by atoms with E-state index in [2.05, 4.69) is 19.3 Å². The summed E-state index contributed by atoms with van der Waals surface area (Å²) >= 11 is 1.27. The summed E-state index contributed by atoms with van der Waals surface area (Å²) in [4.78, 5) is 3.96. The average molecular weight is 349 g/mol. The van der Waals surface area contributed by atoms with Crippen LogP contribution in [0.3, 0.4) is 0 Å². The minimum Gasteiger partial charge on any atom is -0.334 e. The summed E-state index contributed by atoms with van der Waals surface area (Å²) < 4.78 is 32.8. The molecule has 0 fully saturated rings. The van der Waals surface area contributed by atoms with Gasteiger partial charge in [0.1, 0.15) is 5.69 Å². The normalized spacial score (nSPS) is 11.8. The number of hydrogen-bond donors (Lipinski definition) is 1. The van der Waals surface area contributed by atoms with Gasteiger partial charge in [-0.25, -0.2) is 4.98 Å². The Labute approximate surface area is 138 Å². The molecule has 0 atom stereocenters. The lowest BCUT2D eigenvalue weighted by molar-refractivity contribution is 0.591. The predicted octanol–water partition coefficient (Wildman–Crippen LogP) is 2.78. The largest absolute Gasteiger partial charge is 0.334 e. The molecular formula is C14H15N5O2S2. The van der Waals surface area contributed by atoms with Crippen LogP contribution in [0.4, 0.5) is 5.69 Å². The lowest BCUT2D eigenvalue weighted by Gasteiger charge is -2.07. The second-order valence-corrected chi connectivity index (χ2v) is 7.46. The van der Waals surface area contributed by atoms with Crippen LogP contribution in [-0.2, 0) is 10.0 Å². The Kier molecular flexibility index (Phi) is 4.14. The number of nitrogens with zero attached hydrogens (tertiary/aromatic N) is 4. The third kappa shape index (κ3) is 3.40. The van der Waals surface area contributed by atoms with E-state index in [0.29, 0.717) is 5.69 Å². The van der Waals surface area contributed by atoms with Crippen molar-refractivity contribution in [1.29, 1.82) is 0 Å². The maximum atomic E-state index is 12.3. The maximum absolute atomic E-state index is 12.3. The van der Waals surface area contributed by atoms with Crippen molar-refractivity contribution in [3.63, 3.8) is 0 Å². The van der Waals surface area contributed by atoms with E-state index in [1.165, 1.54) is 24.1 Å². The SMILES string of the molecule is CC(C)n1cnc(S(=O)(=O)Nc2ccc(-c3csnn3)cc2)c1. The van der Waals surface area contributed by atoms with Gasteiger partial charge in [0.05, 0.1) is 6.33 Å². The molecule has 0 aliphatic heterocycles. The van der Waals surface area contributed by atoms with Gasteiger partial charge in [0.2, 0.25) is 0 Å². The molecule has 0 radical (unpaired) electrons. The molecule has 120 valence electrons. The van der Waals surface area contributed by atoms with Crippen LogP contribution in [0.15, 0.2) is 47.2 Å². The zero-order chi connectivity index (χ0) is 16.4. The third-order valence-electron chi connectivity index (χ3n) is 3.24. The van der Waals surface area contributed by atoms with Crippen LogP contribution >= 0.6 is 11.5 Å². The first kappa shape index (κ1) is 15.6.